The molecule has 0 aromatic carbocycles. The molecule has 0 aliphatic rings. The average molecular weight is 617 g/mol. The van der Waals surface area contributed by atoms with Crippen molar-refractivity contribution in [3.63, 3.8) is 0 Å². The van der Waals surface area contributed by atoms with Crippen LogP contribution in [0.3, 0.4) is 0 Å². The Balaban J connectivity index is 3.20. The summed E-state index contributed by atoms with van der Waals surface area (Å²) in [6.45, 7) is 1.44. The van der Waals surface area contributed by atoms with Crippen molar-refractivity contribution in [3.05, 3.63) is 15.6 Å². The summed E-state index contributed by atoms with van der Waals surface area (Å²) in [5.41, 5.74) is -0.380. The van der Waals surface area contributed by atoms with Gasteiger partial charge in [-0.3, -0.25) is 0 Å². The maximum Gasteiger partial charge on any atom is 0.460 e. The maximum atomic E-state index is 13.8. The number of thiazole rings is 1. The summed E-state index contributed by atoms with van der Waals surface area (Å²) in [5, 5.41) is 0.305. The van der Waals surface area contributed by atoms with Gasteiger partial charge in [0.2, 0.25) is 0 Å². The van der Waals surface area contributed by atoms with E-state index < -0.39 is 73.1 Å². The Hall–Kier alpha value is -2.09. The Morgan fingerprint density at radius 2 is 1.08 bits per heavy atom. The zero-order valence-electron chi connectivity index (χ0n) is 18.2. The van der Waals surface area contributed by atoms with Crippen molar-refractivity contribution in [1.82, 2.24) is 4.98 Å². The third kappa shape index (κ3) is 5.09. The molecule has 0 N–H and O–H groups in total. The summed E-state index contributed by atoms with van der Waals surface area (Å²) in [4.78, 5) is 15.6. The number of hydrogen-bond acceptors (Lipinski definition) is 4. The third-order valence-electron chi connectivity index (χ3n) is 4.75. The molecule has 0 fully saturated rings. The third-order valence-corrected chi connectivity index (χ3v) is 5.64. The van der Waals surface area contributed by atoms with Crippen LogP contribution >= 0.6 is 11.3 Å². The van der Waals surface area contributed by atoms with Gasteiger partial charge in [-0.25, -0.2) is 9.78 Å². The molecular formula is C17H12F17NO2S. The van der Waals surface area contributed by atoms with Gasteiger partial charge in [0.1, 0.15) is 0 Å². The molecule has 38 heavy (non-hydrogen) atoms. The first-order valence-electron chi connectivity index (χ1n) is 9.37. The van der Waals surface area contributed by atoms with Gasteiger partial charge in [-0.2, -0.15) is 74.6 Å². The van der Waals surface area contributed by atoms with Crippen LogP contribution in [0.4, 0.5) is 74.6 Å². The minimum absolute atomic E-state index is 0.222. The second-order valence-electron chi connectivity index (χ2n) is 7.53. The monoisotopic (exact) mass is 617 g/mol. The van der Waals surface area contributed by atoms with E-state index in [1.54, 1.807) is 0 Å². The lowest BCUT2D eigenvalue weighted by atomic mass is 9.88. The van der Waals surface area contributed by atoms with Gasteiger partial charge < -0.3 is 4.74 Å². The van der Waals surface area contributed by atoms with Gasteiger partial charge in [-0.1, -0.05) is 0 Å². The summed E-state index contributed by atoms with van der Waals surface area (Å²) < 4.78 is 229. The Labute approximate surface area is 203 Å². The normalized spacial score (nSPS) is 15.1. The standard InChI is InChI=1S/C17H12F17NO2S/c1-6-8(35-7(2)38-6)9(36)37-5-3-4-10(18,19)11(20,21)12(22,23)13(24,25)14(26,27)15(28,29)16(30,31)17(32,33)34/h3-5H2,1-2H3. The van der Waals surface area contributed by atoms with Crippen molar-refractivity contribution in [2.75, 3.05) is 6.61 Å². The largest absolute Gasteiger partial charge is 0.461 e. The van der Waals surface area contributed by atoms with Crippen molar-refractivity contribution in [1.29, 1.82) is 0 Å². The highest BCUT2D eigenvalue weighted by Gasteiger charge is 2.95. The predicted octanol–water partition coefficient (Wildman–Crippen LogP) is 7.71. The van der Waals surface area contributed by atoms with E-state index >= 15 is 0 Å². The Morgan fingerprint density at radius 1 is 0.684 bits per heavy atom. The number of nitrogens with zero attached hydrogens (tertiary/aromatic N) is 1. The van der Waals surface area contributed by atoms with Crippen LogP contribution in [-0.2, 0) is 4.74 Å². The van der Waals surface area contributed by atoms with E-state index in [0.29, 0.717) is 5.01 Å². The van der Waals surface area contributed by atoms with Crippen LogP contribution in [-0.4, -0.2) is 65.2 Å². The van der Waals surface area contributed by atoms with E-state index in [1.165, 1.54) is 13.8 Å². The van der Waals surface area contributed by atoms with Gasteiger partial charge in [0.25, 0.3) is 0 Å². The highest BCUT2D eigenvalue weighted by atomic mass is 32.1. The first-order valence-corrected chi connectivity index (χ1v) is 10.2. The molecule has 1 aromatic heterocycles. The van der Waals surface area contributed by atoms with E-state index in [0.717, 1.165) is 11.3 Å². The molecule has 0 amide bonds. The summed E-state index contributed by atoms with van der Waals surface area (Å²) in [7, 11) is 0. The van der Waals surface area contributed by atoms with Gasteiger partial charge in [-0.05, 0) is 20.3 Å². The number of carbonyl (C=O) groups is 1. The number of alkyl halides is 17. The second-order valence-corrected chi connectivity index (χ2v) is 8.93. The van der Waals surface area contributed by atoms with Crippen LogP contribution in [0.1, 0.15) is 33.2 Å². The molecular weight excluding hydrogens is 605 g/mol. The zero-order valence-corrected chi connectivity index (χ0v) is 19.0. The van der Waals surface area contributed by atoms with Crippen LogP contribution in [0.25, 0.3) is 0 Å². The average Bonchev–Trinajstić information content (AvgIpc) is 3.07. The number of halogens is 17. The molecule has 1 aromatic rings. The van der Waals surface area contributed by atoms with E-state index in [9.17, 15) is 79.4 Å². The number of ether oxygens (including phenoxy) is 1. The number of rotatable bonds is 11. The van der Waals surface area contributed by atoms with Gasteiger partial charge >= 0.3 is 53.6 Å². The highest BCUT2D eigenvalue weighted by molar-refractivity contribution is 7.11. The Morgan fingerprint density at radius 3 is 1.45 bits per heavy atom. The lowest BCUT2D eigenvalue weighted by Crippen LogP contribution is -2.74. The van der Waals surface area contributed by atoms with Gasteiger partial charge in [0.05, 0.1) is 11.6 Å². The SMILES string of the molecule is Cc1nc(C(=O)OCCCC(F)(F)C(F)(F)C(F)(F)C(F)(F)C(F)(F)C(F)(F)C(F)(F)C(F)(F)F)c(C)s1. The van der Waals surface area contributed by atoms with Crippen LogP contribution < -0.4 is 0 Å². The fourth-order valence-corrected chi connectivity index (χ4v) is 3.40. The molecule has 0 aliphatic heterocycles. The maximum absolute atomic E-state index is 13.8. The van der Waals surface area contributed by atoms with Gasteiger partial charge in [0.15, 0.2) is 5.69 Å². The molecule has 1 rings (SSSR count). The van der Waals surface area contributed by atoms with Gasteiger partial charge in [0, 0.05) is 11.3 Å². The summed E-state index contributed by atoms with van der Waals surface area (Å²) in [5.74, 6) is -58.0. The lowest BCUT2D eigenvalue weighted by Gasteiger charge is -2.42. The molecule has 0 unspecified atom stereocenters. The van der Waals surface area contributed by atoms with E-state index in [-0.39, 0.29) is 10.6 Å². The van der Waals surface area contributed by atoms with Crippen LogP contribution in [0.15, 0.2) is 0 Å². The quantitative estimate of drug-likeness (QED) is 0.145. The fraction of sp³-hybridized carbons (Fsp3) is 0.765. The molecule has 0 atom stereocenters. The van der Waals surface area contributed by atoms with E-state index in [2.05, 4.69) is 9.72 Å². The fourth-order valence-electron chi connectivity index (χ4n) is 2.60. The second kappa shape index (κ2) is 9.83. The zero-order chi connectivity index (χ0) is 30.6. The molecule has 0 saturated carbocycles. The topological polar surface area (TPSA) is 39.2 Å². The van der Waals surface area contributed by atoms with Crippen molar-refractivity contribution >= 4 is 17.3 Å². The van der Waals surface area contributed by atoms with Crippen molar-refractivity contribution in [2.45, 2.75) is 74.3 Å². The first-order chi connectivity index (χ1) is 16.5. The minimum atomic E-state index is -8.67. The van der Waals surface area contributed by atoms with E-state index in [1.807, 2.05) is 0 Å². The molecule has 222 valence electrons. The number of hydrogen-bond donors (Lipinski definition) is 0. The van der Waals surface area contributed by atoms with Gasteiger partial charge in [-0.15, -0.1) is 11.3 Å². The van der Waals surface area contributed by atoms with Crippen LogP contribution in [0, 0.1) is 13.8 Å². The smallest absolute Gasteiger partial charge is 0.460 e. The molecule has 0 spiro atoms. The molecule has 1 heterocycles. The molecule has 3 nitrogen and oxygen atoms in total. The Bertz CT molecular complexity index is 1010. The molecule has 0 bridgehead atoms. The number of carbonyl (C=O) groups excluding carboxylic acids is 1. The molecule has 21 heteroatoms. The first kappa shape index (κ1) is 33.9. The predicted molar refractivity (Wildman–Crippen MR) is 91.8 cm³/mol. The van der Waals surface area contributed by atoms with E-state index in [4.69, 9.17) is 0 Å². The van der Waals surface area contributed by atoms with Crippen molar-refractivity contribution in [2.24, 2.45) is 0 Å². The molecule has 0 radical (unpaired) electrons. The summed E-state index contributed by atoms with van der Waals surface area (Å²) in [6, 6.07) is 0. The van der Waals surface area contributed by atoms with Crippen molar-refractivity contribution < 1.29 is 84.2 Å². The van der Waals surface area contributed by atoms with Crippen molar-refractivity contribution in [3.8, 4) is 0 Å². The number of esters is 1. The molecule has 0 aliphatic carbocycles. The minimum Gasteiger partial charge on any atom is -0.461 e. The summed E-state index contributed by atoms with van der Waals surface area (Å²) in [6.07, 6.45) is -12.0. The molecule has 0 saturated heterocycles. The highest BCUT2D eigenvalue weighted by Crippen LogP contribution is 2.64. The summed E-state index contributed by atoms with van der Waals surface area (Å²) >= 11 is 0.946. The lowest BCUT2D eigenvalue weighted by molar-refractivity contribution is -0.461. The Kier molecular flexibility index (Phi) is 8.78. The van der Waals surface area contributed by atoms with Crippen LogP contribution in [0.2, 0.25) is 0 Å². The number of aryl methyl sites for hydroxylation is 2. The number of aromatic nitrogens is 1. The van der Waals surface area contributed by atoms with Crippen LogP contribution in [0.5, 0.6) is 0 Å².